The molecule has 0 aromatic heterocycles. The van der Waals surface area contributed by atoms with Crippen LogP contribution in [0, 0.1) is 11.8 Å². The van der Waals surface area contributed by atoms with Crippen LogP contribution in [0.4, 0.5) is 0 Å². The molecule has 1 saturated carbocycles. The van der Waals surface area contributed by atoms with E-state index in [2.05, 4.69) is 0 Å². The number of carboxylic acids is 1. The Hall–Kier alpha value is -1.55. The number of hydrogen-bond acceptors (Lipinski definition) is 3. The molecule has 17 heavy (non-hydrogen) atoms. The lowest BCUT2D eigenvalue weighted by molar-refractivity contribution is -0.152. The number of carbonyl (C=O) groups is 2. The van der Waals surface area contributed by atoms with Crippen LogP contribution in [0.15, 0.2) is 24.3 Å². The van der Waals surface area contributed by atoms with Gasteiger partial charge in [-0.05, 0) is 25.0 Å². The Labute approximate surface area is 103 Å². The molecule has 1 aliphatic rings. The smallest absolute Gasteiger partial charge is 0.314 e. The summed E-state index contributed by atoms with van der Waals surface area (Å²) < 4.78 is 5.11. The first-order chi connectivity index (χ1) is 8.08. The lowest BCUT2D eigenvalue weighted by Crippen LogP contribution is -2.37. The van der Waals surface area contributed by atoms with Crippen LogP contribution >= 0.6 is 11.6 Å². The minimum absolute atomic E-state index is 0.318. The van der Waals surface area contributed by atoms with Crippen LogP contribution in [-0.2, 0) is 9.59 Å². The van der Waals surface area contributed by atoms with Crippen molar-refractivity contribution >= 4 is 23.5 Å². The molecule has 0 atom stereocenters. The fourth-order valence-corrected chi connectivity index (χ4v) is 1.91. The van der Waals surface area contributed by atoms with E-state index in [1.54, 1.807) is 24.3 Å². The molecule has 1 fully saturated rings. The fourth-order valence-electron chi connectivity index (χ4n) is 1.73. The number of rotatable bonds is 3. The van der Waals surface area contributed by atoms with Crippen molar-refractivity contribution in [2.24, 2.45) is 11.8 Å². The van der Waals surface area contributed by atoms with Gasteiger partial charge in [-0.1, -0.05) is 23.7 Å². The Kier molecular flexibility index (Phi) is 3.33. The van der Waals surface area contributed by atoms with Crippen molar-refractivity contribution in [3.63, 3.8) is 0 Å². The maximum Gasteiger partial charge on any atom is 0.314 e. The molecule has 90 valence electrons. The van der Waals surface area contributed by atoms with Crippen LogP contribution in [0.1, 0.15) is 12.8 Å². The summed E-state index contributed by atoms with van der Waals surface area (Å²) in [6.07, 6.45) is 0.692. The average molecular weight is 255 g/mol. The van der Waals surface area contributed by atoms with Crippen LogP contribution in [-0.4, -0.2) is 17.0 Å². The molecule has 0 spiro atoms. The summed E-state index contributed by atoms with van der Waals surface area (Å²) in [7, 11) is 0. The van der Waals surface area contributed by atoms with Crippen molar-refractivity contribution in [2.45, 2.75) is 12.8 Å². The third kappa shape index (κ3) is 2.58. The van der Waals surface area contributed by atoms with E-state index in [0.29, 0.717) is 23.6 Å². The number of aliphatic carboxylic acids is 1. The highest BCUT2D eigenvalue weighted by molar-refractivity contribution is 6.32. The molecular weight excluding hydrogens is 244 g/mol. The summed E-state index contributed by atoms with van der Waals surface area (Å²) in [6.45, 7) is 0. The van der Waals surface area contributed by atoms with E-state index >= 15 is 0 Å². The van der Waals surface area contributed by atoms with Gasteiger partial charge in [0.1, 0.15) is 5.75 Å². The quantitative estimate of drug-likeness (QED) is 0.664. The number of carbonyl (C=O) groups excluding carboxylic acids is 1. The zero-order chi connectivity index (χ0) is 12.4. The Morgan fingerprint density at radius 2 is 1.88 bits per heavy atom. The lowest BCUT2D eigenvalue weighted by Gasteiger charge is -2.30. The van der Waals surface area contributed by atoms with Gasteiger partial charge in [0.25, 0.3) is 0 Å². The molecule has 0 bridgehead atoms. The van der Waals surface area contributed by atoms with Gasteiger partial charge in [0.15, 0.2) is 0 Å². The molecule has 1 aliphatic carbocycles. The third-order valence-corrected chi connectivity index (χ3v) is 3.18. The molecule has 0 unspecified atom stereocenters. The first-order valence-electron chi connectivity index (χ1n) is 5.27. The topological polar surface area (TPSA) is 63.6 Å². The lowest BCUT2D eigenvalue weighted by atomic mass is 9.75. The van der Waals surface area contributed by atoms with Crippen LogP contribution in [0.25, 0.3) is 0 Å². The number of para-hydroxylation sites is 1. The number of ether oxygens (including phenoxy) is 1. The molecule has 5 heteroatoms. The van der Waals surface area contributed by atoms with Gasteiger partial charge < -0.3 is 9.84 Å². The number of benzene rings is 1. The van der Waals surface area contributed by atoms with E-state index in [4.69, 9.17) is 21.4 Å². The zero-order valence-corrected chi connectivity index (χ0v) is 9.68. The summed E-state index contributed by atoms with van der Waals surface area (Å²) in [4.78, 5) is 22.2. The SMILES string of the molecule is O=C(O)C1CC(C(=O)Oc2ccccc2Cl)C1. The molecule has 0 saturated heterocycles. The molecular formula is C12H11ClO4. The normalized spacial score (nSPS) is 22.6. The predicted molar refractivity (Wildman–Crippen MR) is 60.9 cm³/mol. The fraction of sp³-hybridized carbons (Fsp3) is 0.333. The molecule has 1 N–H and O–H groups in total. The van der Waals surface area contributed by atoms with E-state index in [1.807, 2.05) is 0 Å². The second kappa shape index (κ2) is 4.75. The van der Waals surface area contributed by atoms with Crippen molar-refractivity contribution in [2.75, 3.05) is 0 Å². The van der Waals surface area contributed by atoms with Crippen LogP contribution in [0.3, 0.4) is 0 Å². The van der Waals surface area contributed by atoms with Crippen molar-refractivity contribution in [1.29, 1.82) is 0 Å². The highest BCUT2D eigenvalue weighted by Gasteiger charge is 2.40. The van der Waals surface area contributed by atoms with Crippen LogP contribution < -0.4 is 4.74 Å². The number of carboxylic acid groups (broad SMARTS) is 1. The molecule has 4 nitrogen and oxygen atoms in total. The minimum Gasteiger partial charge on any atom is -0.481 e. The van der Waals surface area contributed by atoms with E-state index in [-0.39, 0.29) is 5.92 Å². The molecule has 0 radical (unpaired) electrons. The summed E-state index contributed by atoms with van der Waals surface area (Å²) in [5.74, 6) is -1.69. The molecule has 2 rings (SSSR count). The Morgan fingerprint density at radius 1 is 1.24 bits per heavy atom. The Bertz CT molecular complexity index is 452. The van der Waals surface area contributed by atoms with E-state index in [0.717, 1.165) is 0 Å². The molecule has 1 aromatic rings. The van der Waals surface area contributed by atoms with Gasteiger partial charge in [-0.2, -0.15) is 0 Å². The maximum atomic E-state index is 11.6. The van der Waals surface area contributed by atoms with Gasteiger partial charge in [0, 0.05) is 0 Å². The Morgan fingerprint density at radius 3 is 2.47 bits per heavy atom. The second-order valence-corrected chi connectivity index (χ2v) is 4.46. The van der Waals surface area contributed by atoms with Gasteiger partial charge in [0.05, 0.1) is 16.9 Å². The highest BCUT2D eigenvalue weighted by atomic mass is 35.5. The van der Waals surface area contributed by atoms with E-state index < -0.39 is 17.9 Å². The predicted octanol–water partition coefficient (Wildman–Crippen LogP) is 2.36. The highest BCUT2D eigenvalue weighted by Crippen LogP contribution is 2.35. The minimum atomic E-state index is -0.855. The van der Waals surface area contributed by atoms with E-state index in [1.165, 1.54) is 0 Å². The Balaban J connectivity index is 1.91. The van der Waals surface area contributed by atoms with Crippen LogP contribution in [0.5, 0.6) is 5.75 Å². The first-order valence-corrected chi connectivity index (χ1v) is 5.64. The maximum absolute atomic E-state index is 11.6. The summed E-state index contributed by atoms with van der Waals surface area (Å²) in [5, 5.41) is 9.06. The number of esters is 1. The summed E-state index contributed by atoms with van der Waals surface area (Å²) >= 11 is 5.84. The van der Waals surface area contributed by atoms with Gasteiger partial charge in [-0.3, -0.25) is 9.59 Å². The molecule has 0 heterocycles. The van der Waals surface area contributed by atoms with Gasteiger partial charge in [0.2, 0.25) is 0 Å². The monoisotopic (exact) mass is 254 g/mol. The molecule has 1 aromatic carbocycles. The molecule has 0 aliphatic heterocycles. The van der Waals surface area contributed by atoms with Crippen molar-refractivity contribution < 1.29 is 19.4 Å². The average Bonchev–Trinajstić information content (AvgIpc) is 2.18. The summed E-state index contributed by atoms with van der Waals surface area (Å²) in [5.41, 5.74) is 0. The summed E-state index contributed by atoms with van der Waals surface area (Å²) in [6, 6.07) is 6.69. The number of halogens is 1. The van der Waals surface area contributed by atoms with Gasteiger partial charge >= 0.3 is 11.9 Å². The molecule has 0 amide bonds. The van der Waals surface area contributed by atoms with Crippen molar-refractivity contribution in [3.05, 3.63) is 29.3 Å². The van der Waals surface area contributed by atoms with E-state index in [9.17, 15) is 9.59 Å². The van der Waals surface area contributed by atoms with Crippen molar-refractivity contribution in [3.8, 4) is 5.75 Å². The van der Waals surface area contributed by atoms with Crippen LogP contribution in [0.2, 0.25) is 5.02 Å². The largest absolute Gasteiger partial charge is 0.481 e. The van der Waals surface area contributed by atoms with Gasteiger partial charge in [-0.25, -0.2) is 0 Å². The van der Waals surface area contributed by atoms with Crippen molar-refractivity contribution in [1.82, 2.24) is 0 Å². The second-order valence-electron chi connectivity index (χ2n) is 4.06. The first kappa shape index (κ1) is 11.9. The van der Waals surface area contributed by atoms with Gasteiger partial charge in [-0.15, -0.1) is 0 Å². The standard InChI is InChI=1S/C12H11ClO4/c13-9-3-1-2-4-10(9)17-12(16)8-5-7(6-8)11(14)15/h1-4,7-8H,5-6H2,(H,14,15). The third-order valence-electron chi connectivity index (χ3n) is 2.87. The number of hydrogen-bond donors (Lipinski definition) is 1. The zero-order valence-electron chi connectivity index (χ0n) is 8.93.